The summed E-state index contributed by atoms with van der Waals surface area (Å²) >= 11 is 0. The number of carbonyl (C=O) groups is 1. The van der Waals surface area contributed by atoms with Gasteiger partial charge >= 0.3 is 5.97 Å². The molecule has 64 valence electrons. The highest BCUT2D eigenvalue weighted by molar-refractivity contribution is 5.80. The average Bonchev–Trinajstić information content (AvgIpc) is 1.88. The predicted molar refractivity (Wildman–Crippen MR) is 39.1 cm³/mol. The molecular formula is C7H12O4. The monoisotopic (exact) mass is 160 g/mol. The van der Waals surface area contributed by atoms with Gasteiger partial charge in [0.2, 0.25) is 0 Å². The second kappa shape index (κ2) is 4.87. The molecular weight excluding hydrogens is 148 g/mol. The Morgan fingerprint density at radius 2 is 1.91 bits per heavy atom. The highest BCUT2D eigenvalue weighted by Gasteiger charge is 2.08. The lowest BCUT2D eigenvalue weighted by atomic mass is 10.0. The lowest BCUT2D eigenvalue weighted by molar-refractivity contribution is -0.131. The molecule has 0 aromatic rings. The van der Waals surface area contributed by atoms with Gasteiger partial charge in [0.05, 0.1) is 13.2 Å². The SMILES string of the molecule is CC(=CC(=O)O)C(CO)CO. The lowest BCUT2D eigenvalue weighted by Gasteiger charge is -2.09. The maximum Gasteiger partial charge on any atom is 0.328 e. The Hall–Kier alpha value is -0.870. The average molecular weight is 160 g/mol. The highest BCUT2D eigenvalue weighted by atomic mass is 16.4. The fraction of sp³-hybridized carbons (Fsp3) is 0.571. The zero-order chi connectivity index (χ0) is 8.85. The van der Waals surface area contributed by atoms with Crippen LogP contribution in [0.3, 0.4) is 0 Å². The molecule has 0 aliphatic heterocycles. The summed E-state index contributed by atoms with van der Waals surface area (Å²) < 4.78 is 0. The largest absolute Gasteiger partial charge is 0.478 e. The maximum absolute atomic E-state index is 10.1. The standard InChI is InChI=1S/C7H12O4/c1-5(2-7(10)11)6(3-8)4-9/h2,6,8-9H,3-4H2,1H3,(H,10,11). The van der Waals surface area contributed by atoms with Crippen LogP contribution in [0.4, 0.5) is 0 Å². The van der Waals surface area contributed by atoms with Gasteiger partial charge in [-0.25, -0.2) is 4.79 Å². The van der Waals surface area contributed by atoms with E-state index in [1.165, 1.54) is 0 Å². The molecule has 0 saturated carbocycles. The minimum Gasteiger partial charge on any atom is -0.478 e. The summed E-state index contributed by atoms with van der Waals surface area (Å²) in [6.45, 7) is 1.10. The lowest BCUT2D eigenvalue weighted by Crippen LogP contribution is -2.13. The first-order valence-electron chi connectivity index (χ1n) is 3.24. The predicted octanol–water partition coefficient (Wildman–Crippen LogP) is -0.382. The van der Waals surface area contributed by atoms with Crippen molar-refractivity contribution in [2.45, 2.75) is 6.92 Å². The number of carboxylic acids is 1. The van der Waals surface area contributed by atoms with E-state index in [1.54, 1.807) is 6.92 Å². The Balaban J connectivity index is 4.18. The molecule has 0 amide bonds. The quantitative estimate of drug-likeness (QED) is 0.490. The second-order valence-electron chi connectivity index (χ2n) is 2.29. The van der Waals surface area contributed by atoms with Gasteiger partial charge < -0.3 is 15.3 Å². The third kappa shape index (κ3) is 3.75. The molecule has 0 aromatic heterocycles. The molecule has 0 rings (SSSR count). The first kappa shape index (κ1) is 10.1. The fourth-order valence-electron chi connectivity index (χ4n) is 0.658. The molecule has 0 bridgehead atoms. The van der Waals surface area contributed by atoms with Crippen molar-refractivity contribution in [2.24, 2.45) is 5.92 Å². The van der Waals surface area contributed by atoms with Gasteiger partial charge in [0.1, 0.15) is 0 Å². The van der Waals surface area contributed by atoms with Gasteiger partial charge in [-0.15, -0.1) is 0 Å². The van der Waals surface area contributed by atoms with Crippen molar-refractivity contribution >= 4 is 5.97 Å². The van der Waals surface area contributed by atoms with Gasteiger partial charge in [-0.1, -0.05) is 5.57 Å². The molecule has 0 spiro atoms. The zero-order valence-corrected chi connectivity index (χ0v) is 6.32. The third-order valence-electron chi connectivity index (χ3n) is 1.44. The molecule has 0 atom stereocenters. The Morgan fingerprint density at radius 1 is 1.45 bits per heavy atom. The van der Waals surface area contributed by atoms with Crippen molar-refractivity contribution < 1.29 is 20.1 Å². The Kier molecular flexibility index (Phi) is 4.49. The van der Waals surface area contributed by atoms with Gasteiger partial charge in [0.15, 0.2) is 0 Å². The third-order valence-corrected chi connectivity index (χ3v) is 1.44. The zero-order valence-electron chi connectivity index (χ0n) is 6.32. The van der Waals surface area contributed by atoms with Crippen LogP contribution in [-0.2, 0) is 4.79 Å². The minimum atomic E-state index is -1.06. The topological polar surface area (TPSA) is 77.8 Å². The van der Waals surface area contributed by atoms with E-state index >= 15 is 0 Å². The van der Waals surface area contributed by atoms with E-state index in [9.17, 15) is 4.79 Å². The minimum absolute atomic E-state index is 0.230. The normalized spacial score (nSPS) is 12.2. The van der Waals surface area contributed by atoms with Crippen molar-refractivity contribution in [3.05, 3.63) is 11.6 Å². The van der Waals surface area contributed by atoms with E-state index in [1.807, 2.05) is 0 Å². The van der Waals surface area contributed by atoms with Crippen LogP contribution in [0.25, 0.3) is 0 Å². The van der Waals surface area contributed by atoms with Crippen molar-refractivity contribution in [1.82, 2.24) is 0 Å². The Bertz CT molecular complexity index is 158. The Morgan fingerprint density at radius 3 is 2.18 bits per heavy atom. The van der Waals surface area contributed by atoms with Gasteiger partial charge in [-0.2, -0.15) is 0 Å². The molecule has 0 heterocycles. The number of hydrogen-bond donors (Lipinski definition) is 3. The summed E-state index contributed by atoms with van der Waals surface area (Å²) in [5, 5.41) is 25.5. The van der Waals surface area contributed by atoms with E-state index in [4.69, 9.17) is 15.3 Å². The number of aliphatic carboxylic acids is 1. The van der Waals surface area contributed by atoms with Gasteiger partial charge in [-0.3, -0.25) is 0 Å². The molecule has 0 fully saturated rings. The molecule has 0 radical (unpaired) electrons. The summed E-state index contributed by atoms with van der Waals surface area (Å²) in [6.07, 6.45) is 0.983. The fourth-order valence-corrected chi connectivity index (χ4v) is 0.658. The summed E-state index contributed by atoms with van der Waals surface area (Å²) in [7, 11) is 0. The summed E-state index contributed by atoms with van der Waals surface area (Å²) in [4.78, 5) is 10.1. The van der Waals surface area contributed by atoms with Crippen LogP contribution >= 0.6 is 0 Å². The number of aliphatic hydroxyl groups excluding tert-OH is 2. The molecule has 3 N–H and O–H groups in total. The number of carboxylic acid groups (broad SMARTS) is 1. The molecule has 0 saturated heterocycles. The van der Waals surface area contributed by atoms with Crippen LogP contribution in [0.1, 0.15) is 6.92 Å². The second-order valence-corrected chi connectivity index (χ2v) is 2.29. The molecule has 11 heavy (non-hydrogen) atoms. The van der Waals surface area contributed by atoms with Crippen LogP contribution in [0, 0.1) is 5.92 Å². The van der Waals surface area contributed by atoms with E-state index in [0.29, 0.717) is 5.57 Å². The number of aliphatic hydroxyl groups is 2. The number of hydrogen-bond acceptors (Lipinski definition) is 3. The molecule has 4 nitrogen and oxygen atoms in total. The first-order valence-corrected chi connectivity index (χ1v) is 3.24. The number of rotatable bonds is 4. The van der Waals surface area contributed by atoms with Crippen LogP contribution in [0.2, 0.25) is 0 Å². The van der Waals surface area contributed by atoms with Gasteiger partial charge in [0.25, 0.3) is 0 Å². The Labute approximate surface area is 64.8 Å². The summed E-state index contributed by atoms with van der Waals surface area (Å²) in [5.74, 6) is -1.51. The van der Waals surface area contributed by atoms with Crippen molar-refractivity contribution in [3.63, 3.8) is 0 Å². The molecule has 4 heteroatoms. The maximum atomic E-state index is 10.1. The summed E-state index contributed by atoms with van der Waals surface area (Å²) in [5.41, 5.74) is 0.475. The van der Waals surface area contributed by atoms with E-state index in [0.717, 1.165) is 6.08 Å². The molecule has 0 aliphatic rings. The van der Waals surface area contributed by atoms with E-state index in [-0.39, 0.29) is 13.2 Å². The molecule has 0 unspecified atom stereocenters. The van der Waals surface area contributed by atoms with Crippen molar-refractivity contribution in [2.75, 3.05) is 13.2 Å². The van der Waals surface area contributed by atoms with Gasteiger partial charge in [0, 0.05) is 12.0 Å². The van der Waals surface area contributed by atoms with Crippen LogP contribution in [0.5, 0.6) is 0 Å². The highest BCUT2D eigenvalue weighted by Crippen LogP contribution is 2.07. The first-order chi connectivity index (χ1) is 5.11. The van der Waals surface area contributed by atoms with Crippen LogP contribution < -0.4 is 0 Å². The van der Waals surface area contributed by atoms with Gasteiger partial charge in [-0.05, 0) is 6.92 Å². The summed E-state index contributed by atoms with van der Waals surface area (Å²) in [6, 6.07) is 0. The smallest absolute Gasteiger partial charge is 0.328 e. The molecule has 0 aliphatic carbocycles. The van der Waals surface area contributed by atoms with E-state index in [2.05, 4.69) is 0 Å². The van der Waals surface area contributed by atoms with Crippen molar-refractivity contribution in [3.8, 4) is 0 Å². The molecule has 0 aromatic carbocycles. The van der Waals surface area contributed by atoms with Crippen LogP contribution in [-0.4, -0.2) is 34.5 Å². The van der Waals surface area contributed by atoms with E-state index < -0.39 is 11.9 Å². The van der Waals surface area contributed by atoms with Crippen LogP contribution in [0.15, 0.2) is 11.6 Å². The van der Waals surface area contributed by atoms with Crippen molar-refractivity contribution in [1.29, 1.82) is 0 Å².